The van der Waals surface area contributed by atoms with E-state index >= 15 is 0 Å². The Morgan fingerprint density at radius 2 is 2.12 bits per heavy atom. The minimum Gasteiger partial charge on any atom is -0.469 e. The summed E-state index contributed by atoms with van der Waals surface area (Å²) in [5, 5.41) is 0. The SMILES string of the molecule is CC#CC[C@@H](C)C(=O)/C=C/[C@H]1[C@H](OC2CCCCO2)CC2C/C(=C/CCC(=O)OC)C[C@@H]21. The van der Waals surface area contributed by atoms with Gasteiger partial charge in [0.1, 0.15) is 0 Å². The van der Waals surface area contributed by atoms with Crippen molar-refractivity contribution in [1.82, 2.24) is 0 Å². The highest BCUT2D eigenvalue weighted by Crippen LogP contribution is 2.52. The van der Waals surface area contributed by atoms with Gasteiger partial charge < -0.3 is 14.2 Å². The van der Waals surface area contributed by atoms with Gasteiger partial charge in [0.05, 0.1) is 13.2 Å². The number of allylic oxidation sites excluding steroid dienone is 3. The van der Waals surface area contributed by atoms with Crippen molar-refractivity contribution >= 4 is 11.8 Å². The van der Waals surface area contributed by atoms with Crippen molar-refractivity contribution in [2.45, 2.75) is 84.0 Å². The first kappa shape index (κ1) is 24.7. The molecule has 32 heavy (non-hydrogen) atoms. The highest BCUT2D eigenvalue weighted by Gasteiger charge is 2.47. The summed E-state index contributed by atoms with van der Waals surface area (Å²) in [6.45, 7) is 4.51. The summed E-state index contributed by atoms with van der Waals surface area (Å²) in [4.78, 5) is 24.0. The van der Waals surface area contributed by atoms with Crippen molar-refractivity contribution < 1.29 is 23.8 Å². The fourth-order valence-electron chi connectivity index (χ4n) is 5.30. The first-order valence-electron chi connectivity index (χ1n) is 12.1. The van der Waals surface area contributed by atoms with Crippen molar-refractivity contribution in [3.8, 4) is 11.8 Å². The molecule has 6 atom stereocenters. The zero-order valence-corrected chi connectivity index (χ0v) is 19.8. The number of carbonyl (C=O) groups excluding carboxylic acids is 2. The van der Waals surface area contributed by atoms with E-state index in [1.165, 1.54) is 12.7 Å². The number of esters is 1. The molecule has 0 radical (unpaired) electrons. The predicted octanol–water partition coefficient (Wildman–Crippen LogP) is 5.00. The van der Waals surface area contributed by atoms with Gasteiger partial charge in [-0.25, -0.2) is 0 Å². The number of fused-ring (bicyclic) bond motifs is 1. The zero-order chi connectivity index (χ0) is 22.9. The van der Waals surface area contributed by atoms with Gasteiger partial charge in [0, 0.05) is 31.3 Å². The molecule has 0 aromatic rings. The van der Waals surface area contributed by atoms with E-state index in [2.05, 4.69) is 24.0 Å². The molecule has 3 rings (SSSR count). The van der Waals surface area contributed by atoms with Crippen molar-refractivity contribution in [3.05, 3.63) is 23.8 Å². The number of hydrogen-bond donors (Lipinski definition) is 0. The normalized spacial score (nSPS) is 31.8. The van der Waals surface area contributed by atoms with E-state index in [1.54, 1.807) is 13.0 Å². The van der Waals surface area contributed by atoms with E-state index in [0.29, 0.717) is 24.7 Å². The molecule has 0 spiro atoms. The number of methoxy groups -OCH3 is 1. The number of hydrogen-bond acceptors (Lipinski definition) is 5. The highest BCUT2D eigenvalue weighted by molar-refractivity contribution is 5.91. The highest BCUT2D eigenvalue weighted by atomic mass is 16.7. The second kappa shape index (κ2) is 12.4. The molecule has 5 heteroatoms. The minimum atomic E-state index is -0.165. The lowest BCUT2D eigenvalue weighted by Crippen LogP contribution is -2.30. The molecule has 1 aliphatic heterocycles. The fraction of sp³-hybridized carbons (Fsp3) is 0.704. The Kier molecular flexibility index (Phi) is 9.56. The minimum absolute atomic E-state index is 0.0886. The van der Waals surface area contributed by atoms with Crippen LogP contribution in [0.4, 0.5) is 0 Å². The Morgan fingerprint density at radius 3 is 2.84 bits per heavy atom. The maximum atomic E-state index is 12.6. The van der Waals surface area contributed by atoms with Crippen LogP contribution < -0.4 is 0 Å². The zero-order valence-electron chi connectivity index (χ0n) is 19.8. The molecule has 2 saturated carbocycles. The van der Waals surface area contributed by atoms with Crippen LogP contribution in [-0.2, 0) is 23.8 Å². The van der Waals surface area contributed by atoms with E-state index in [1.807, 2.05) is 6.92 Å². The molecule has 3 aliphatic rings. The number of ether oxygens (including phenoxy) is 3. The Hall–Kier alpha value is -1.90. The molecule has 0 N–H and O–H groups in total. The summed E-state index contributed by atoms with van der Waals surface area (Å²) >= 11 is 0. The van der Waals surface area contributed by atoms with Crippen LogP contribution in [0.2, 0.25) is 0 Å². The lowest BCUT2D eigenvalue weighted by atomic mass is 9.89. The summed E-state index contributed by atoms with van der Waals surface area (Å²) in [5.41, 5.74) is 1.42. The fourth-order valence-corrected chi connectivity index (χ4v) is 5.30. The first-order valence-corrected chi connectivity index (χ1v) is 12.1. The topological polar surface area (TPSA) is 61.8 Å². The van der Waals surface area contributed by atoms with Crippen LogP contribution in [0.1, 0.15) is 71.6 Å². The predicted molar refractivity (Wildman–Crippen MR) is 123 cm³/mol. The Labute approximate surface area is 192 Å². The molecular formula is C27H38O5. The van der Waals surface area contributed by atoms with E-state index in [0.717, 1.165) is 51.6 Å². The van der Waals surface area contributed by atoms with Gasteiger partial charge in [-0.05, 0) is 69.8 Å². The third-order valence-electron chi connectivity index (χ3n) is 7.11. The monoisotopic (exact) mass is 442 g/mol. The second-order valence-corrected chi connectivity index (χ2v) is 9.39. The average Bonchev–Trinajstić information content (AvgIpc) is 3.33. The van der Waals surface area contributed by atoms with Crippen LogP contribution >= 0.6 is 0 Å². The van der Waals surface area contributed by atoms with Crippen LogP contribution in [0.3, 0.4) is 0 Å². The van der Waals surface area contributed by atoms with Gasteiger partial charge in [-0.2, -0.15) is 0 Å². The molecule has 2 aliphatic carbocycles. The molecule has 1 heterocycles. The number of ketones is 1. The van der Waals surface area contributed by atoms with Crippen molar-refractivity contribution in [1.29, 1.82) is 0 Å². The smallest absolute Gasteiger partial charge is 0.305 e. The van der Waals surface area contributed by atoms with Crippen LogP contribution in [0, 0.1) is 35.5 Å². The molecule has 5 nitrogen and oxygen atoms in total. The molecule has 0 aromatic carbocycles. The summed E-state index contributed by atoms with van der Waals surface area (Å²) in [7, 11) is 1.43. The van der Waals surface area contributed by atoms with Crippen LogP contribution in [0.5, 0.6) is 0 Å². The lowest BCUT2D eigenvalue weighted by Gasteiger charge is -2.29. The quantitative estimate of drug-likeness (QED) is 0.218. The van der Waals surface area contributed by atoms with E-state index < -0.39 is 0 Å². The lowest BCUT2D eigenvalue weighted by molar-refractivity contribution is -0.193. The molecule has 2 unspecified atom stereocenters. The summed E-state index contributed by atoms with van der Waals surface area (Å²) < 4.78 is 17.0. The van der Waals surface area contributed by atoms with Crippen LogP contribution in [-0.4, -0.2) is 37.9 Å². The molecule has 3 fully saturated rings. The van der Waals surface area contributed by atoms with Gasteiger partial charge in [-0.3, -0.25) is 9.59 Å². The standard InChI is InChI=1S/C27H38O5/c1-4-5-9-19(2)24(28)14-13-22-23-17-20(10-8-11-26(29)30-3)16-21(23)18-25(22)32-27-12-6-7-15-31-27/h10,13-14,19,21-23,25,27H,6-9,11-12,15-18H2,1-3H3/b14-13+,20-10-/t19-,21?,22-,23+,25-,27?/m1/s1. The third-order valence-corrected chi connectivity index (χ3v) is 7.11. The largest absolute Gasteiger partial charge is 0.469 e. The molecule has 0 aromatic heterocycles. The van der Waals surface area contributed by atoms with Gasteiger partial charge in [-0.15, -0.1) is 11.8 Å². The van der Waals surface area contributed by atoms with Gasteiger partial charge in [0.2, 0.25) is 0 Å². The van der Waals surface area contributed by atoms with Gasteiger partial charge >= 0.3 is 5.97 Å². The van der Waals surface area contributed by atoms with Gasteiger partial charge in [0.15, 0.2) is 12.1 Å². The van der Waals surface area contributed by atoms with E-state index in [4.69, 9.17) is 14.2 Å². The average molecular weight is 443 g/mol. The molecular weight excluding hydrogens is 404 g/mol. The summed E-state index contributed by atoms with van der Waals surface area (Å²) in [6, 6.07) is 0. The second-order valence-electron chi connectivity index (χ2n) is 9.39. The van der Waals surface area contributed by atoms with Crippen molar-refractivity contribution in [2.24, 2.45) is 23.7 Å². The molecule has 176 valence electrons. The van der Waals surface area contributed by atoms with E-state index in [9.17, 15) is 9.59 Å². The number of carbonyl (C=O) groups is 2. The summed E-state index contributed by atoms with van der Waals surface area (Å²) in [5.74, 6) is 7.00. The Bertz CT molecular complexity index is 765. The molecule has 0 amide bonds. The van der Waals surface area contributed by atoms with Crippen molar-refractivity contribution in [3.63, 3.8) is 0 Å². The van der Waals surface area contributed by atoms with Gasteiger partial charge in [0.25, 0.3) is 0 Å². The molecule has 0 bridgehead atoms. The molecule has 1 saturated heterocycles. The Morgan fingerprint density at radius 1 is 1.28 bits per heavy atom. The van der Waals surface area contributed by atoms with E-state index in [-0.39, 0.29) is 36.0 Å². The third kappa shape index (κ3) is 6.80. The number of rotatable bonds is 9. The first-order chi connectivity index (χ1) is 15.5. The summed E-state index contributed by atoms with van der Waals surface area (Å²) in [6.07, 6.45) is 14.1. The maximum absolute atomic E-state index is 12.6. The maximum Gasteiger partial charge on any atom is 0.305 e. The Balaban J connectivity index is 1.66. The van der Waals surface area contributed by atoms with Crippen LogP contribution in [0.15, 0.2) is 23.8 Å². The van der Waals surface area contributed by atoms with Crippen LogP contribution in [0.25, 0.3) is 0 Å². The van der Waals surface area contributed by atoms with Gasteiger partial charge in [-0.1, -0.05) is 24.6 Å². The van der Waals surface area contributed by atoms with Crippen molar-refractivity contribution in [2.75, 3.05) is 13.7 Å².